The van der Waals surface area contributed by atoms with Gasteiger partial charge in [0.1, 0.15) is 6.54 Å². The number of hydrogen-bond donors (Lipinski definition) is 0. The van der Waals surface area contributed by atoms with Gasteiger partial charge in [0.25, 0.3) is 0 Å². The summed E-state index contributed by atoms with van der Waals surface area (Å²) in [6.07, 6.45) is 4.31. The highest BCUT2D eigenvalue weighted by atomic mass is 35.5. The molecule has 3 amide bonds. The summed E-state index contributed by atoms with van der Waals surface area (Å²) < 4.78 is 0. The number of benzene rings is 1. The van der Waals surface area contributed by atoms with Gasteiger partial charge in [-0.1, -0.05) is 18.5 Å². The van der Waals surface area contributed by atoms with E-state index >= 15 is 0 Å². The van der Waals surface area contributed by atoms with Crippen LogP contribution in [-0.4, -0.2) is 54.0 Å². The zero-order valence-electron chi connectivity index (χ0n) is 14.1. The van der Waals surface area contributed by atoms with E-state index in [-0.39, 0.29) is 18.5 Å². The molecule has 5 nitrogen and oxygen atoms in total. The van der Waals surface area contributed by atoms with E-state index in [4.69, 9.17) is 11.6 Å². The molecule has 0 N–H and O–H groups in total. The molecule has 2 aliphatic heterocycles. The Hall–Kier alpha value is -1.75. The van der Waals surface area contributed by atoms with Crippen LogP contribution in [0.4, 0.5) is 10.5 Å². The number of carbonyl (C=O) groups excluding carboxylic acids is 2. The van der Waals surface area contributed by atoms with Crippen LogP contribution in [0.1, 0.15) is 32.6 Å². The van der Waals surface area contributed by atoms with E-state index < -0.39 is 0 Å². The number of urea groups is 1. The fourth-order valence-electron chi connectivity index (χ4n) is 3.60. The summed E-state index contributed by atoms with van der Waals surface area (Å²) in [5, 5.41) is 0.646. The van der Waals surface area contributed by atoms with Crippen LogP contribution in [0.25, 0.3) is 0 Å². The molecule has 0 aromatic heterocycles. The summed E-state index contributed by atoms with van der Waals surface area (Å²) in [5.74, 6) is 0.0767. The third kappa shape index (κ3) is 3.51. The highest BCUT2D eigenvalue weighted by Gasteiger charge is 2.33. The fraction of sp³-hybridized carbons (Fsp3) is 0.556. The van der Waals surface area contributed by atoms with Crippen molar-refractivity contribution < 1.29 is 9.59 Å². The predicted octanol–water partition coefficient (Wildman–Crippen LogP) is 3.37. The number of halogens is 1. The molecule has 24 heavy (non-hydrogen) atoms. The van der Waals surface area contributed by atoms with Crippen LogP contribution in [0, 0.1) is 0 Å². The van der Waals surface area contributed by atoms with Crippen molar-refractivity contribution in [2.24, 2.45) is 0 Å². The first-order chi connectivity index (χ1) is 11.6. The Balaban J connectivity index is 1.63. The van der Waals surface area contributed by atoms with E-state index in [1.807, 2.05) is 17.0 Å². The van der Waals surface area contributed by atoms with Crippen molar-refractivity contribution in [3.05, 3.63) is 29.3 Å². The lowest BCUT2D eigenvalue weighted by atomic mass is 10.00. The molecule has 0 saturated carbocycles. The topological polar surface area (TPSA) is 43.9 Å². The maximum Gasteiger partial charge on any atom is 0.325 e. The van der Waals surface area contributed by atoms with Crippen LogP contribution >= 0.6 is 11.6 Å². The van der Waals surface area contributed by atoms with Gasteiger partial charge >= 0.3 is 6.03 Å². The van der Waals surface area contributed by atoms with Crippen LogP contribution in [0.5, 0.6) is 0 Å². The van der Waals surface area contributed by atoms with E-state index in [2.05, 4.69) is 6.92 Å². The number of nitrogens with zero attached hydrogens (tertiary/aromatic N) is 3. The van der Waals surface area contributed by atoms with Gasteiger partial charge in [-0.15, -0.1) is 0 Å². The summed E-state index contributed by atoms with van der Waals surface area (Å²) in [5.41, 5.74) is 0.823. The molecule has 0 bridgehead atoms. The molecule has 6 heteroatoms. The second-order valence-electron chi connectivity index (χ2n) is 6.48. The molecule has 1 atom stereocenters. The Bertz CT molecular complexity index is 605. The third-order valence-corrected chi connectivity index (χ3v) is 5.23. The highest BCUT2D eigenvalue weighted by Crippen LogP contribution is 2.23. The Morgan fingerprint density at radius 1 is 1.17 bits per heavy atom. The summed E-state index contributed by atoms with van der Waals surface area (Å²) in [6.45, 7) is 4.31. The molecule has 0 spiro atoms. The Morgan fingerprint density at radius 2 is 1.92 bits per heavy atom. The Kier molecular flexibility index (Phi) is 5.29. The third-order valence-electron chi connectivity index (χ3n) is 4.98. The van der Waals surface area contributed by atoms with Crippen molar-refractivity contribution in [1.29, 1.82) is 0 Å². The first-order valence-corrected chi connectivity index (χ1v) is 9.09. The Morgan fingerprint density at radius 3 is 2.62 bits per heavy atom. The molecular formula is C18H24ClN3O2. The van der Waals surface area contributed by atoms with Gasteiger partial charge in [0.2, 0.25) is 5.91 Å². The van der Waals surface area contributed by atoms with Crippen molar-refractivity contribution in [2.75, 3.05) is 31.1 Å². The van der Waals surface area contributed by atoms with E-state index in [1.54, 1.807) is 21.9 Å². The van der Waals surface area contributed by atoms with Gasteiger partial charge < -0.3 is 9.80 Å². The van der Waals surface area contributed by atoms with Crippen LogP contribution < -0.4 is 4.90 Å². The van der Waals surface area contributed by atoms with Crippen LogP contribution in [0.2, 0.25) is 5.02 Å². The molecule has 0 radical (unpaired) electrons. The molecule has 1 aromatic carbocycles. The SMILES string of the molecule is CCC1CCCCN1C(=O)CN1CCN(c2ccc(Cl)cc2)C1=O. The zero-order valence-corrected chi connectivity index (χ0v) is 14.8. The maximum atomic E-state index is 12.7. The van der Waals surface area contributed by atoms with E-state index in [0.717, 1.165) is 31.5 Å². The first kappa shape index (κ1) is 17.1. The van der Waals surface area contributed by atoms with E-state index in [0.29, 0.717) is 24.2 Å². The van der Waals surface area contributed by atoms with Crippen molar-refractivity contribution in [3.63, 3.8) is 0 Å². The number of carbonyl (C=O) groups is 2. The molecule has 2 fully saturated rings. The minimum Gasteiger partial charge on any atom is -0.338 e. The lowest BCUT2D eigenvalue weighted by Gasteiger charge is -2.36. The second kappa shape index (κ2) is 7.43. The number of likely N-dealkylation sites (tertiary alicyclic amines) is 1. The van der Waals surface area contributed by atoms with Gasteiger partial charge in [0.05, 0.1) is 0 Å². The summed E-state index contributed by atoms with van der Waals surface area (Å²) in [6, 6.07) is 7.45. The second-order valence-corrected chi connectivity index (χ2v) is 6.91. The normalized spacial score (nSPS) is 21.5. The lowest BCUT2D eigenvalue weighted by Crippen LogP contribution is -2.48. The monoisotopic (exact) mass is 349 g/mol. The highest BCUT2D eigenvalue weighted by molar-refractivity contribution is 6.30. The summed E-state index contributed by atoms with van der Waals surface area (Å²) in [7, 11) is 0. The van der Waals surface area contributed by atoms with Crippen LogP contribution in [-0.2, 0) is 4.79 Å². The Labute approximate surface area is 148 Å². The molecular weight excluding hydrogens is 326 g/mol. The van der Waals surface area contributed by atoms with Crippen molar-refractivity contribution in [1.82, 2.24) is 9.80 Å². The van der Waals surface area contributed by atoms with E-state index in [9.17, 15) is 9.59 Å². The van der Waals surface area contributed by atoms with Crippen LogP contribution in [0.15, 0.2) is 24.3 Å². The molecule has 2 saturated heterocycles. The van der Waals surface area contributed by atoms with Crippen molar-refractivity contribution >= 4 is 29.2 Å². The first-order valence-electron chi connectivity index (χ1n) is 8.71. The molecule has 130 valence electrons. The van der Waals surface area contributed by atoms with Crippen LogP contribution in [0.3, 0.4) is 0 Å². The molecule has 1 aromatic rings. The number of anilines is 1. The quantitative estimate of drug-likeness (QED) is 0.836. The summed E-state index contributed by atoms with van der Waals surface area (Å²) in [4.78, 5) is 30.6. The van der Waals surface area contributed by atoms with Gasteiger partial charge in [-0.25, -0.2) is 4.79 Å². The molecule has 1 unspecified atom stereocenters. The molecule has 3 rings (SSSR count). The standard InChI is InChI=1S/C18H24ClN3O2/c1-2-15-5-3-4-10-21(15)17(23)13-20-11-12-22(18(20)24)16-8-6-14(19)7-9-16/h6-9,15H,2-5,10-13H2,1H3. The summed E-state index contributed by atoms with van der Waals surface area (Å²) >= 11 is 5.90. The van der Waals surface area contributed by atoms with Crippen molar-refractivity contribution in [2.45, 2.75) is 38.6 Å². The van der Waals surface area contributed by atoms with E-state index in [1.165, 1.54) is 6.42 Å². The van der Waals surface area contributed by atoms with Gasteiger partial charge in [-0.3, -0.25) is 9.69 Å². The van der Waals surface area contributed by atoms with Gasteiger partial charge in [0.15, 0.2) is 0 Å². The minimum atomic E-state index is -0.101. The largest absolute Gasteiger partial charge is 0.338 e. The average Bonchev–Trinajstić information content (AvgIpc) is 2.96. The molecule has 2 heterocycles. The minimum absolute atomic E-state index is 0.0767. The molecule has 0 aliphatic carbocycles. The van der Waals surface area contributed by atoms with Gasteiger partial charge in [-0.05, 0) is 49.9 Å². The molecule has 2 aliphatic rings. The van der Waals surface area contributed by atoms with Gasteiger partial charge in [-0.2, -0.15) is 0 Å². The number of rotatable bonds is 4. The van der Waals surface area contributed by atoms with Gasteiger partial charge in [0, 0.05) is 36.4 Å². The fourth-order valence-corrected chi connectivity index (χ4v) is 3.72. The average molecular weight is 350 g/mol. The lowest BCUT2D eigenvalue weighted by molar-refractivity contribution is -0.135. The number of hydrogen-bond acceptors (Lipinski definition) is 2. The maximum absolute atomic E-state index is 12.7. The number of piperidine rings is 1. The number of amides is 3. The smallest absolute Gasteiger partial charge is 0.325 e. The van der Waals surface area contributed by atoms with Crippen molar-refractivity contribution in [3.8, 4) is 0 Å². The zero-order chi connectivity index (χ0) is 17.1. The predicted molar refractivity (Wildman–Crippen MR) is 95.4 cm³/mol.